The van der Waals surface area contributed by atoms with Crippen molar-refractivity contribution in [1.82, 2.24) is 0 Å². The highest BCUT2D eigenvalue weighted by Crippen LogP contribution is 2.63. The summed E-state index contributed by atoms with van der Waals surface area (Å²) in [7, 11) is -23.8. The number of rotatable bonds is 9. The van der Waals surface area contributed by atoms with E-state index in [9.17, 15) is 28.2 Å². The summed E-state index contributed by atoms with van der Waals surface area (Å²) >= 11 is 0. The van der Waals surface area contributed by atoms with Gasteiger partial charge in [-0.2, -0.15) is 8.62 Å². The Morgan fingerprint density at radius 3 is 1.17 bits per heavy atom. The van der Waals surface area contributed by atoms with Crippen molar-refractivity contribution in [3.8, 4) is 0 Å². The van der Waals surface area contributed by atoms with Gasteiger partial charge in [-0.05, 0) is 0 Å². The van der Waals surface area contributed by atoms with E-state index in [1.54, 1.807) is 0 Å². The summed E-state index contributed by atoms with van der Waals surface area (Å²) in [5, 5.41) is 17.7. The van der Waals surface area contributed by atoms with Gasteiger partial charge in [0, 0.05) is 0 Å². The number of aliphatic hydroxyl groups is 1. The summed E-state index contributed by atoms with van der Waals surface area (Å²) in [6.45, 7) is 0. The maximum atomic E-state index is 11.1. The maximum Gasteiger partial charge on any atom is 0.485 e. The fraction of sp³-hybridized carbons (Fsp3) is 0.500. The first-order valence-corrected chi connectivity index (χ1v) is 10.4. The lowest BCUT2D eigenvalue weighted by atomic mass is 10.6. The lowest BCUT2D eigenvalue weighted by Gasteiger charge is -2.26. The third-order valence-electron chi connectivity index (χ3n) is 1.17. The molecule has 138 valence electrons. The van der Waals surface area contributed by atoms with Crippen molar-refractivity contribution in [2.75, 3.05) is 0 Å². The molecule has 0 aromatic heterocycles. The standard InChI is InChI=1S/C2H8O17P4/c3-1(4)2(5,16-22(12,13)18-20(6,7)8)17-23(14,15)19-21(9,10)11/h5H,(H,3,4)(H,12,13)(H,14,15)(H2,6,7,8)(H2,9,10,11). The van der Waals surface area contributed by atoms with E-state index in [-0.39, 0.29) is 0 Å². The molecule has 0 rings (SSSR count). The highest BCUT2D eigenvalue weighted by Gasteiger charge is 2.54. The Labute approximate surface area is 124 Å². The minimum Gasteiger partial charge on any atom is -0.475 e. The second kappa shape index (κ2) is 7.06. The Bertz CT molecular complexity index is 587. The summed E-state index contributed by atoms with van der Waals surface area (Å²) in [5.41, 5.74) is 0. The number of hydrogen-bond acceptors (Lipinski definition) is 10. The summed E-state index contributed by atoms with van der Waals surface area (Å²) in [5.74, 6) is -7.51. The molecule has 0 aliphatic rings. The molecule has 0 saturated heterocycles. The Kier molecular flexibility index (Phi) is 7.04. The molecule has 0 radical (unpaired) electrons. The molecular weight excluding hydrogens is 420 g/mol. The fourth-order valence-electron chi connectivity index (χ4n) is 0.710. The number of phosphoric ester groups is 2. The maximum absolute atomic E-state index is 11.1. The van der Waals surface area contributed by atoms with Crippen LogP contribution in [0.4, 0.5) is 0 Å². The number of aliphatic carboxylic acids is 1. The molecule has 21 heteroatoms. The zero-order chi connectivity index (χ0) is 18.9. The lowest BCUT2D eigenvalue weighted by molar-refractivity contribution is -0.279. The first-order chi connectivity index (χ1) is 9.77. The van der Waals surface area contributed by atoms with Crippen molar-refractivity contribution in [2.45, 2.75) is 5.97 Å². The lowest BCUT2D eigenvalue weighted by Crippen LogP contribution is -2.42. The normalized spacial score (nSPS) is 21.0. The van der Waals surface area contributed by atoms with Gasteiger partial charge in [-0.3, -0.25) is 0 Å². The molecule has 0 aromatic carbocycles. The smallest absolute Gasteiger partial charge is 0.475 e. The van der Waals surface area contributed by atoms with Gasteiger partial charge in [0.05, 0.1) is 0 Å². The van der Waals surface area contributed by atoms with Gasteiger partial charge in [-0.15, -0.1) is 0 Å². The molecule has 0 amide bonds. The van der Waals surface area contributed by atoms with Crippen LogP contribution >= 0.6 is 31.3 Å². The van der Waals surface area contributed by atoms with Crippen molar-refractivity contribution in [3.63, 3.8) is 0 Å². The molecule has 2 unspecified atom stereocenters. The third-order valence-corrected chi connectivity index (χ3v) is 5.48. The van der Waals surface area contributed by atoms with E-state index in [4.69, 9.17) is 34.5 Å². The van der Waals surface area contributed by atoms with Gasteiger partial charge >= 0.3 is 43.2 Å². The Morgan fingerprint density at radius 2 is 1.00 bits per heavy atom. The summed E-state index contributed by atoms with van der Waals surface area (Å²) in [4.78, 5) is 61.3. The quantitative estimate of drug-likeness (QED) is 0.148. The largest absolute Gasteiger partial charge is 0.485 e. The Balaban J connectivity index is 5.50. The van der Waals surface area contributed by atoms with Crippen LogP contribution in [0.1, 0.15) is 0 Å². The van der Waals surface area contributed by atoms with Crippen LogP contribution in [-0.4, -0.2) is 51.5 Å². The molecule has 0 spiro atoms. The van der Waals surface area contributed by atoms with Crippen molar-refractivity contribution in [1.29, 1.82) is 0 Å². The molecule has 0 aliphatic heterocycles. The van der Waals surface area contributed by atoms with E-state index < -0.39 is 43.2 Å². The van der Waals surface area contributed by atoms with Gasteiger partial charge in [0.15, 0.2) is 0 Å². The number of carboxylic acids is 1. The van der Waals surface area contributed by atoms with E-state index in [1.807, 2.05) is 0 Å². The highest BCUT2D eigenvalue weighted by molar-refractivity contribution is 7.61. The first-order valence-electron chi connectivity index (χ1n) is 4.34. The molecule has 8 N–H and O–H groups in total. The van der Waals surface area contributed by atoms with E-state index in [1.165, 1.54) is 0 Å². The van der Waals surface area contributed by atoms with Crippen LogP contribution in [0.2, 0.25) is 0 Å². The van der Waals surface area contributed by atoms with Crippen LogP contribution in [0, 0.1) is 0 Å². The molecule has 0 bridgehead atoms. The van der Waals surface area contributed by atoms with Crippen LogP contribution in [0.15, 0.2) is 0 Å². The first kappa shape index (κ1) is 22.9. The minimum atomic E-state index is -6.13. The monoisotopic (exact) mass is 428 g/mol. The second-order valence-corrected chi connectivity index (χ2v) is 8.66. The molecule has 0 aliphatic carbocycles. The molecule has 0 heterocycles. The molecular formula is C2H8O17P4. The molecule has 17 nitrogen and oxygen atoms in total. The molecule has 0 aromatic rings. The van der Waals surface area contributed by atoms with Crippen LogP contribution in [0.25, 0.3) is 0 Å². The number of hydrogen-bond donors (Lipinski definition) is 8. The van der Waals surface area contributed by atoms with Crippen molar-refractivity contribution < 1.29 is 80.3 Å². The second-order valence-electron chi connectivity index (χ2n) is 3.15. The van der Waals surface area contributed by atoms with Gasteiger partial charge in [0.2, 0.25) is 0 Å². The average molecular weight is 428 g/mol. The van der Waals surface area contributed by atoms with Crippen LogP contribution in [-0.2, 0) is 40.7 Å². The zero-order valence-electron chi connectivity index (χ0n) is 10.0. The summed E-state index contributed by atoms with van der Waals surface area (Å²) in [6.07, 6.45) is 0. The van der Waals surface area contributed by atoms with E-state index in [2.05, 4.69) is 17.7 Å². The molecule has 2 atom stereocenters. The van der Waals surface area contributed by atoms with Crippen molar-refractivity contribution in [3.05, 3.63) is 0 Å². The minimum absolute atomic E-state index is 2.87. The van der Waals surface area contributed by atoms with E-state index in [0.717, 1.165) is 0 Å². The van der Waals surface area contributed by atoms with Crippen LogP contribution in [0.5, 0.6) is 0 Å². The number of carboxylic acid groups (broad SMARTS) is 1. The highest BCUT2D eigenvalue weighted by atomic mass is 31.3. The number of phosphoric acid groups is 4. The van der Waals surface area contributed by atoms with Crippen LogP contribution in [0.3, 0.4) is 0 Å². The van der Waals surface area contributed by atoms with Crippen molar-refractivity contribution in [2.24, 2.45) is 0 Å². The van der Waals surface area contributed by atoms with Crippen molar-refractivity contribution >= 4 is 37.3 Å². The zero-order valence-corrected chi connectivity index (χ0v) is 13.6. The fourth-order valence-corrected chi connectivity index (χ4v) is 4.04. The predicted octanol–water partition coefficient (Wildman–Crippen LogP) is -1.83. The van der Waals surface area contributed by atoms with Gasteiger partial charge in [-0.25, -0.2) is 32.1 Å². The van der Waals surface area contributed by atoms with Gasteiger partial charge in [-0.1, -0.05) is 0 Å². The van der Waals surface area contributed by atoms with Gasteiger partial charge in [0.1, 0.15) is 0 Å². The van der Waals surface area contributed by atoms with Gasteiger partial charge in [0.25, 0.3) is 0 Å². The Morgan fingerprint density at radius 1 is 0.739 bits per heavy atom. The van der Waals surface area contributed by atoms with E-state index in [0.29, 0.717) is 0 Å². The SMILES string of the molecule is O=C(O)C(O)(OP(=O)(O)OP(=O)(O)O)OP(=O)(O)OP(=O)(O)O. The van der Waals surface area contributed by atoms with Gasteiger partial charge < -0.3 is 39.6 Å². The van der Waals surface area contributed by atoms with Crippen LogP contribution < -0.4 is 0 Å². The molecule has 23 heavy (non-hydrogen) atoms. The predicted molar refractivity (Wildman–Crippen MR) is 60.7 cm³/mol. The topological polar surface area (TPSA) is 284 Å². The molecule has 0 fully saturated rings. The average Bonchev–Trinajstić information content (AvgIpc) is 2.04. The molecule has 0 saturated carbocycles. The number of carbonyl (C=O) groups is 1. The summed E-state index contributed by atoms with van der Waals surface area (Å²) < 4.78 is 55.5. The third kappa shape index (κ3) is 9.74. The summed E-state index contributed by atoms with van der Waals surface area (Å²) in [6, 6.07) is 0. The van der Waals surface area contributed by atoms with E-state index >= 15 is 0 Å². The Hall–Kier alpha value is -0.0500.